The van der Waals surface area contributed by atoms with Crippen LogP contribution in [0.4, 0.5) is 0 Å². The minimum Gasteiger partial charge on any atom is -0.563 e. The Kier molecular flexibility index (Phi) is 40.1. The third-order valence-electron chi connectivity index (χ3n) is 0.645. The number of hydrogen-bond donors (Lipinski definition) is 1. The fraction of sp³-hybridized carbons (Fsp3) is 1.00. The van der Waals surface area contributed by atoms with Gasteiger partial charge in [0.25, 0.3) is 0 Å². The van der Waals surface area contributed by atoms with E-state index in [0.717, 1.165) is 12.8 Å². The van der Waals surface area contributed by atoms with Gasteiger partial charge in [-0.05, 0) is 15.6 Å². The van der Waals surface area contributed by atoms with Gasteiger partial charge in [0.1, 0.15) is 4.31 Å². The zero-order valence-electron chi connectivity index (χ0n) is 8.50. The van der Waals surface area contributed by atoms with Crippen LogP contribution in [0, 0.1) is 0 Å². The molecular formula is C4H10K2O6P2+2. The minimum atomic E-state index is -3.24. The molecule has 0 bridgehead atoms. The molecule has 0 fully saturated rings. The van der Waals surface area contributed by atoms with Crippen molar-refractivity contribution in [3.05, 3.63) is 0 Å². The third kappa shape index (κ3) is 36.2. The van der Waals surface area contributed by atoms with Crippen LogP contribution in [-0.2, 0) is 13.4 Å². The Morgan fingerprint density at radius 1 is 1.21 bits per heavy atom. The number of hydrogen-bond acceptors (Lipinski definition) is 6. The van der Waals surface area contributed by atoms with Crippen LogP contribution in [-0.4, -0.2) is 11.7 Å². The van der Waals surface area contributed by atoms with E-state index in [1.807, 2.05) is 0 Å². The zero-order valence-corrected chi connectivity index (χ0v) is 16.5. The Bertz CT molecular complexity index is 132. The first kappa shape index (κ1) is 26.0. The molecule has 2 unspecified atom stereocenters. The van der Waals surface area contributed by atoms with Crippen LogP contribution in [0.3, 0.4) is 0 Å². The van der Waals surface area contributed by atoms with E-state index in [2.05, 4.69) is 11.2 Å². The summed E-state index contributed by atoms with van der Waals surface area (Å²) < 4.78 is 21.6. The summed E-state index contributed by atoms with van der Waals surface area (Å²) >= 11 is 0. The van der Waals surface area contributed by atoms with Crippen LogP contribution in [0.2, 0.25) is 0 Å². The smallest absolute Gasteiger partial charge is 0.563 e. The van der Waals surface area contributed by atoms with Crippen LogP contribution in [0.15, 0.2) is 0 Å². The summed E-state index contributed by atoms with van der Waals surface area (Å²) in [5.41, 5.74) is 0. The van der Waals surface area contributed by atoms with Crippen LogP contribution >= 0.6 is 16.5 Å². The molecule has 0 spiro atoms. The first-order valence-electron chi connectivity index (χ1n) is 3.12. The van der Waals surface area contributed by atoms with E-state index >= 15 is 0 Å². The van der Waals surface area contributed by atoms with Crippen LogP contribution in [0.1, 0.15) is 19.8 Å². The molecule has 0 saturated carbocycles. The average molecular weight is 294 g/mol. The fourth-order valence-corrected chi connectivity index (χ4v) is 0.648. The molecule has 0 aliphatic rings. The Labute approximate surface area is 170 Å². The quantitative estimate of drug-likeness (QED) is 0.408. The first-order valence-corrected chi connectivity index (χ1v) is 5.31. The molecule has 72 valence electrons. The maximum atomic E-state index is 9.24. The van der Waals surface area contributed by atoms with E-state index < -0.39 is 16.5 Å². The van der Waals surface area contributed by atoms with Crippen molar-refractivity contribution in [3.63, 3.8) is 0 Å². The molecule has 0 amide bonds. The van der Waals surface area contributed by atoms with Gasteiger partial charge in [-0.1, -0.05) is 13.3 Å². The summed E-state index contributed by atoms with van der Waals surface area (Å²) in [6, 6.07) is 0. The van der Waals surface area contributed by atoms with Crippen molar-refractivity contribution < 1.29 is 131 Å². The predicted molar refractivity (Wildman–Crippen MR) is 38.3 cm³/mol. The third-order valence-corrected chi connectivity index (χ3v) is 1.71. The molecular weight excluding hydrogens is 284 g/mol. The van der Waals surface area contributed by atoms with Crippen molar-refractivity contribution in [2.75, 3.05) is 6.61 Å². The van der Waals surface area contributed by atoms with Gasteiger partial charge in [-0.3, -0.25) is 0 Å². The minimum absolute atomic E-state index is 0. The molecule has 14 heavy (non-hydrogen) atoms. The number of aliphatic hydroxyl groups is 1. The van der Waals surface area contributed by atoms with E-state index in [4.69, 9.17) is 5.11 Å². The molecule has 0 heterocycles. The summed E-state index contributed by atoms with van der Waals surface area (Å²) in [6.45, 7) is 2.40. The number of unbranched alkanes of at least 4 members (excludes halogenated alkanes) is 1. The standard InChI is InChI=1S/C4H10O.2K.O5P2/c1-2-3-4-5;;;1-6(2)5-7(3)4/h5H,2-4H2,1H3;;;/q;2*+1;. The maximum absolute atomic E-state index is 9.24. The summed E-state index contributed by atoms with van der Waals surface area (Å²) in [5, 5.41) is 8.07. The predicted octanol–water partition coefficient (Wildman–Crippen LogP) is -6.17. The molecule has 0 aromatic heterocycles. The molecule has 10 heteroatoms. The first-order chi connectivity index (χ1) is 5.54. The summed E-state index contributed by atoms with van der Waals surface area (Å²) in [5.74, 6) is 0. The largest absolute Gasteiger partial charge is 1.00 e. The Morgan fingerprint density at radius 2 is 1.57 bits per heavy atom. The summed E-state index contributed by atoms with van der Waals surface area (Å²) in [7, 11) is -6.47. The molecule has 0 aliphatic carbocycles. The van der Waals surface area contributed by atoms with E-state index in [1.165, 1.54) is 0 Å². The van der Waals surface area contributed by atoms with Crippen molar-refractivity contribution in [3.8, 4) is 0 Å². The van der Waals surface area contributed by atoms with Crippen molar-refractivity contribution in [1.29, 1.82) is 0 Å². The SMILES string of the molecule is CCCCO.O=[P+]([O-])O[P+](=O)[O-].[K+].[K+]. The molecule has 0 aromatic rings. The van der Waals surface area contributed by atoms with E-state index in [1.54, 1.807) is 0 Å². The van der Waals surface area contributed by atoms with Gasteiger partial charge in [0.2, 0.25) is 0 Å². The monoisotopic (exact) mass is 294 g/mol. The van der Waals surface area contributed by atoms with Gasteiger partial charge >= 0.3 is 119 Å². The molecule has 0 saturated heterocycles. The summed E-state index contributed by atoms with van der Waals surface area (Å²) in [4.78, 5) is 18.5. The topological polar surface area (TPSA) is 110 Å². The van der Waals surface area contributed by atoms with Crippen molar-refractivity contribution in [2.24, 2.45) is 0 Å². The van der Waals surface area contributed by atoms with E-state index in [9.17, 15) is 18.9 Å². The second-order valence-corrected chi connectivity index (χ2v) is 3.15. The van der Waals surface area contributed by atoms with Gasteiger partial charge in [0.15, 0.2) is 0 Å². The maximum Gasteiger partial charge on any atom is 1.00 e. The molecule has 6 nitrogen and oxygen atoms in total. The average Bonchev–Trinajstić information content (AvgIpc) is 1.87. The Morgan fingerprint density at radius 3 is 1.57 bits per heavy atom. The molecule has 0 radical (unpaired) electrons. The van der Waals surface area contributed by atoms with Crippen molar-refractivity contribution >= 4 is 16.5 Å². The van der Waals surface area contributed by atoms with Crippen molar-refractivity contribution in [1.82, 2.24) is 0 Å². The summed E-state index contributed by atoms with van der Waals surface area (Å²) in [6.07, 6.45) is 2.04. The zero-order chi connectivity index (χ0) is 9.98. The molecule has 0 aromatic carbocycles. The van der Waals surface area contributed by atoms with Gasteiger partial charge in [0.05, 0.1) is 0 Å². The van der Waals surface area contributed by atoms with E-state index in [0.29, 0.717) is 6.61 Å². The molecule has 2 atom stereocenters. The van der Waals surface area contributed by atoms with Gasteiger partial charge in [-0.25, -0.2) is 0 Å². The van der Waals surface area contributed by atoms with Gasteiger partial charge < -0.3 is 14.9 Å². The van der Waals surface area contributed by atoms with E-state index in [-0.39, 0.29) is 103 Å². The van der Waals surface area contributed by atoms with Crippen LogP contribution < -0.4 is 113 Å². The van der Waals surface area contributed by atoms with Crippen LogP contribution in [0.5, 0.6) is 0 Å². The normalized spacial score (nSPS) is 9.71. The second-order valence-electron chi connectivity index (χ2n) is 1.61. The molecule has 0 aliphatic heterocycles. The fourth-order valence-electron chi connectivity index (χ4n) is 0.213. The van der Waals surface area contributed by atoms with Crippen LogP contribution in [0.25, 0.3) is 0 Å². The Balaban J connectivity index is -0.0000000651. The van der Waals surface area contributed by atoms with Gasteiger partial charge in [0, 0.05) is 6.61 Å². The molecule has 0 rings (SSSR count). The second kappa shape index (κ2) is 21.6. The Hall–Kier alpha value is 3.31. The number of aliphatic hydroxyl groups excluding tert-OH is 1. The van der Waals surface area contributed by atoms with Gasteiger partial charge in [-0.2, -0.15) is 0 Å². The molecule has 1 N–H and O–H groups in total. The number of rotatable bonds is 4. The van der Waals surface area contributed by atoms with Gasteiger partial charge in [-0.15, -0.1) is 0 Å². The van der Waals surface area contributed by atoms with Crippen molar-refractivity contribution in [2.45, 2.75) is 19.8 Å².